The highest BCUT2D eigenvalue weighted by molar-refractivity contribution is 9.10. The van der Waals surface area contributed by atoms with Crippen LogP contribution in [-0.4, -0.2) is 19.6 Å². The number of methoxy groups -OCH3 is 1. The Morgan fingerprint density at radius 2 is 2.24 bits per heavy atom. The second-order valence-electron chi connectivity index (χ2n) is 4.58. The van der Waals surface area contributed by atoms with Crippen molar-refractivity contribution in [3.8, 4) is 0 Å². The fraction of sp³-hybridized carbons (Fsp3) is 0.462. The smallest absolute Gasteiger partial charge is 0.313 e. The van der Waals surface area contributed by atoms with Crippen LogP contribution in [0, 0.1) is 12.3 Å². The van der Waals surface area contributed by atoms with Crippen molar-refractivity contribution in [2.24, 2.45) is 5.41 Å². The summed E-state index contributed by atoms with van der Waals surface area (Å²) in [4.78, 5) is 11.6. The lowest BCUT2D eigenvalue weighted by Gasteiger charge is -2.15. The number of halogens is 1. The monoisotopic (exact) mass is 297 g/mol. The Labute approximate surface area is 110 Å². The van der Waals surface area contributed by atoms with Gasteiger partial charge in [-0.25, -0.2) is 0 Å². The van der Waals surface area contributed by atoms with E-state index in [1.807, 2.05) is 19.1 Å². The zero-order valence-corrected chi connectivity index (χ0v) is 11.6. The van der Waals surface area contributed by atoms with E-state index in [1.54, 1.807) is 0 Å². The number of hydrogen-bond donors (Lipinski definition) is 1. The zero-order valence-electron chi connectivity index (χ0n) is 10.0. The summed E-state index contributed by atoms with van der Waals surface area (Å²) in [5, 5.41) is 3.34. The molecule has 92 valence electrons. The average Bonchev–Trinajstić information content (AvgIpc) is 3.08. The molecule has 1 N–H and O–H groups in total. The van der Waals surface area contributed by atoms with Gasteiger partial charge in [0.25, 0.3) is 0 Å². The molecule has 0 heterocycles. The van der Waals surface area contributed by atoms with Crippen molar-refractivity contribution < 1.29 is 9.53 Å². The van der Waals surface area contributed by atoms with Gasteiger partial charge in [-0.2, -0.15) is 0 Å². The molecule has 0 bridgehead atoms. The number of carbonyl (C=O) groups is 1. The van der Waals surface area contributed by atoms with E-state index in [0.717, 1.165) is 23.0 Å². The van der Waals surface area contributed by atoms with Crippen LogP contribution in [0.4, 0.5) is 5.69 Å². The summed E-state index contributed by atoms with van der Waals surface area (Å²) in [6.07, 6.45) is 1.84. The highest BCUT2D eigenvalue weighted by atomic mass is 79.9. The van der Waals surface area contributed by atoms with Crippen LogP contribution in [0.25, 0.3) is 0 Å². The maximum atomic E-state index is 11.6. The van der Waals surface area contributed by atoms with Crippen LogP contribution in [0.5, 0.6) is 0 Å². The maximum absolute atomic E-state index is 11.6. The van der Waals surface area contributed by atoms with Gasteiger partial charge in [0.1, 0.15) is 0 Å². The van der Waals surface area contributed by atoms with Gasteiger partial charge in [-0.1, -0.05) is 15.9 Å². The van der Waals surface area contributed by atoms with Gasteiger partial charge in [-0.05, 0) is 43.5 Å². The van der Waals surface area contributed by atoms with Gasteiger partial charge in [0, 0.05) is 16.7 Å². The molecular weight excluding hydrogens is 282 g/mol. The predicted molar refractivity (Wildman–Crippen MR) is 71.1 cm³/mol. The number of esters is 1. The van der Waals surface area contributed by atoms with Crippen LogP contribution in [0.1, 0.15) is 18.4 Å². The third-order valence-corrected chi connectivity index (χ3v) is 3.77. The average molecular weight is 298 g/mol. The molecule has 0 aliphatic heterocycles. The van der Waals surface area contributed by atoms with E-state index < -0.39 is 0 Å². The van der Waals surface area contributed by atoms with Crippen molar-refractivity contribution in [2.75, 3.05) is 19.0 Å². The van der Waals surface area contributed by atoms with Crippen LogP contribution in [0.15, 0.2) is 22.7 Å². The fourth-order valence-electron chi connectivity index (χ4n) is 1.91. The lowest BCUT2D eigenvalue weighted by atomic mass is 10.1. The topological polar surface area (TPSA) is 38.3 Å². The molecule has 0 saturated heterocycles. The van der Waals surface area contributed by atoms with E-state index in [2.05, 4.69) is 27.3 Å². The molecule has 0 amide bonds. The molecule has 0 unspecified atom stereocenters. The summed E-state index contributed by atoms with van der Waals surface area (Å²) in [6, 6.07) is 6.07. The SMILES string of the molecule is COC(=O)C1(CNc2ccc(Br)cc2C)CC1. The van der Waals surface area contributed by atoms with Crippen molar-refractivity contribution in [1.82, 2.24) is 0 Å². The summed E-state index contributed by atoms with van der Waals surface area (Å²) in [5.41, 5.74) is 1.96. The van der Waals surface area contributed by atoms with Crippen LogP contribution < -0.4 is 5.32 Å². The first-order chi connectivity index (χ1) is 8.07. The minimum Gasteiger partial charge on any atom is -0.469 e. The number of hydrogen-bond acceptors (Lipinski definition) is 3. The number of ether oxygens (including phenoxy) is 1. The van der Waals surface area contributed by atoms with E-state index in [4.69, 9.17) is 4.74 Å². The van der Waals surface area contributed by atoms with E-state index in [9.17, 15) is 4.79 Å². The molecule has 0 radical (unpaired) electrons. The van der Waals surface area contributed by atoms with Crippen molar-refractivity contribution in [2.45, 2.75) is 19.8 Å². The van der Waals surface area contributed by atoms with Gasteiger partial charge >= 0.3 is 5.97 Å². The minimum absolute atomic E-state index is 0.0974. The van der Waals surface area contributed by atoms with Gasteiger partial charge in [-0.3, -0.25) is 4.79 Å². The number of carbonyl (C=O) groups excluding carboxylic acids is 1. The minimum atomic E-state index is -0.283. The van der Waals surface area contributed by atoms with Gasteiger partial charge in [0.15, 0.2) is 0 Å². The Bertz CT molecular complexity index is 441. The molecule has 1 aliphatic carbocycles. The molecule has 0 spiro atoms. The highest BCUT2D eigenvalue weighted by Gasteiger charge is 2.50. The molecular formula is C13H16BrNO2. The molecule has 2 rings (SSSR count). The molecule has 1 fully saturated rings. The Balaban J connectivity index is 2.01. The number of aryl methyl sites for hydroxylation is 1. The van der Waals surface area contributed by atoms with Crippen molar-refractivity contribution in [3.05, 3.63) is 28.2 Å². The first kappa shape index (κ1) is 12.4. The third-order valence-electron chi connectivity index (χ3n) is 3.28. The van der Waals surface area contributed by atoms with Gasteiger partial charge in [0.05, 0.1) is 12.5 Å². The molecule has 4 heteroatoms. The predicted octanol–water partition coefficient (Wildman–Crippen LogP) is 3.12. The second kappa shape index (κ2) is 4.69. The number of nitrogens with one attached hydrogen (secondary N) is 1. The molecule has 1 aromatic rings. The van der Waals surface area contributed by atoms with E-state index in [-0.39, 0.29) is 11.4 Å². The van der Waals surface area contributed by atoms with Gasteiger partial charge in [-0.15, -0.1) is 0 Å². The second-order valence-corrected chi connectivity index (χ2v) is 5.50. The normalized spacial score (nSPS) is 16.4. The zero-order chi connectivity index (χ0) is 12.5. The number of anilines is 1. The largest absolute Gasteiger partial charge is 0.469 e. The standard InChI is InChI=1S/C13H16BrNO2/c1-9-7-10(14)3-4-11(9)15-8-13(5-6-13)12(16)17-2/h3-4,7,15H,5-6,8H2,1-2H3. The Kier molecular flexibility index (Phi) is 3.43. The number of rotatable bonds is 4. The lowest BCUT2D eigenvalue weighted by molar-refractivity contribution is -0.146. The summed E-state index contributed by atoms with van der Waals surface area (Å²) >= 11 is 3.43. The van der Waals surface area contributed by atoms with Crippen LogP contribution >= 0.6 is 15.9 Å². The number of benzene rings is 1. The summed E-state index contributed by atoms with van der Waals surface area (Å²) in [7, 11) is 1.45. The molecule has 3 nitrogen and oxygen atoms in total. The van der Waals surface area contributed by atoms with E-state index >= 15 is 0 Å². The molecule has 0 aromatic heterocycles. The quantitative estimate of drug-likeness (QED) is 0.868. The van der Waals surface area contributed by atoms with E-state index in [1.165, 1.54) is 12.7 Å². The fourth-order valence-corrected chi connectivity index (χ4v) is 2.39. The Morgan fingerprint density at radius 3 is 2.76 bits per heavy atom. The first-order valence-corrected chi connectivity index (χ1v) is 6.45. The van der Waals surface area contributed by atoms with Crippen molar-refractivity contribution in [1.29, 1.82) is 0 Å². The van der Waals surface area contributed by atoms with Crippen LogP contribution in [0.2, 0.25) is 0 Å². The Hall–Kier alpha value is -1.03. The summed E-state index contributed by atoms with van der Waals surface area (Å²) < 4.78 is 5.89. The van der Waals surface area contributed by atoms with Gasteiger partial charge in [0.2, 0.25) is 0 Å². The highest BCUT2D eigenvalue weighted by Crippen LogP contribution is 2.46. The third kappa shape index (κ3) is 2.63. The molecule has 17 heavy (non-hydrogen) atoms. The molecule has 1 aromatic carbocycles. The van der Waals surface area contributed by atoms with E-state index in [0.29, 0.717) is 6.54 Å². The van der Waals surface area contributed by atoms with Crippen LogP contribution in [-0.2, 0) is 9.53 Å². The maximum Gasteiger partial charge on any atom is 0.313 e. The molecule has 1 saturated carbocycles. The molecule has 0 atom stereocenters. The molecule has 1 aliphatic rings. The Morgan fingerprint density at radius 1 is 1.53 bits per heavy atom. The van der Waals surface area contributed by atoms with Crippen molar-refractivity contribution in [3.63, 3.8) is 0 Å². The lowest BCUT2D eigenvalue weighted by Crippen LogP contribution is -2.26. The van der Waals surface area contributed by atoms with Crippen molar-refractivity contribution >= 4 is 27.6 Å². The van der Waals surface area contributed by atoms with Gasteiger partial charge < -0.3 is 10.1 Å². The summed E-state index contributed by atoms with van der Waals surface area (Å²) in [6.45, 7) is 2.70. The summed E-state index contributed by atoms with van der Waals surface area (Å²) in [5.74, 6) is -0.0974. The van der Waals surface area contributed by atoms with Crippen LogP contribution in [0.3, 0.4) is 0 Å². The first-order valence-electron chi connectivity index (χ1n) is 5.66.